The zero-order valence-corrected chi connectivity index (χ0v) is 10.8. The van der Waals surface area contributed by atoms with Crippen molar-refractivity contribution in [1.29, 1.82) is 0 Å². The molecule has 0 radical (unpaired) electrons. The van der Waals surface area contributed by atoms with Gasteiger partial charge in [-0.3, -0.25) is 4.98 Å². The van der Waals surface area contributed by atoms with E-state index in [4.69, 9.17) is 17.3 Å². The maximum Gasteiger partial charge on any atom is 0.141 e. The van der Waals surface area contributed by atoms with E-state index in [9.17, 15) is 4.39 Å². The highest BCUT2D eigenvalue weighted by Crippen LogP contribution is 2.20. The van der Waals surface area contributed by atoms with Gasteiger partial charge in [-0.15, -0.1) is 0 Å². The molecule has 2 N–H and O–H groups in total. The zero-order chi connectivity index (χ0) is 13.1. The van der Waals surface area contributed by atoms with Gasteiger partial charge in [0.1, 0.15) is 5.82 Å². The molecule has 0 saturated carbocycles. The van der Waals surface area contributed by atoms with E-state index >= 15 is 0 Å². The fourth-order valence-electron chi connectivity index (χ4n) is 1.84. The lowest BCUT2D eigenvalue weighted by atomic mass is 10.00. The molecule has 2 rings (SSSR count). The Morgan fingerprint density at radius 3 is 2.78 bits per heavy atom. The lowest BCUT2D eigenvalue weighted by molar-refractivity contribution is 0.626. The molecule has 0 aliphatic carbocycles. The third-order valence-corrected chi connectivity index (χ3v) is 3.08. The Morgan fingerprint density at radius 2 is 2.11 bits per heavy atom. The Labute approximate surface area is 111 Å². The monoisotopic (exact) mass is 264 g/mol. The molecule has 0 fully saturated rings. The van der Waals surface area contributed by atoms with Crippen LogP contribution in [0.4, 0.5) is 4.39 Å². The summed E-state index contributed by atoms with van der Waals surface area (Å²) in [5.74, 6) is -0.409. The largest absolute Gasteiger partial charge is 0.324 e. The topological polar surface area (TPSA) is 38.9 Å². The number of pyridine rings is 1. The van der Waals surface area contributed by atoms with Crippen LogP contribution >= 0.6 is 11.6 Å². The van der Waals surface area contributed by atoms with Gasteiger partial charge in [-0.25, -0.2) is 4.39 Å². The first kappa shape index (κ1) is 13.0. The predicted molar refractivity (Wildman–Crippen MR) is 71.0 cm³/mol. The fraction of sp³-hybridized carbons (Fsp3) is 0.214. The Morgan fingerprint density at radius 1 is 1.33 bits per heavy atom. The summed E-state index contributed by atoms with van der Waals surface area (Å²) >= 11 is 5.74. The lowest BCUT2D eigenvalue weighted by Crippen LogP contribution is -2.13. The molecule has 1 aromatic carbocycles. The molecule has 1 unspecified atom stereocenters. The van der Waals surface area contributed by atoms with Gasteiger partial charge in [0.15, 0.2) is 0 Å². The first-order valence-corrected chi connectivity index (χ1v) is 6.06. The van der Waals surface area contributed by atoms with E-state index in [1.807, 2.05) is 19.1 Å². The predicted octanol–water partition coefficient (Wildman–Crippen LogP) is 3.43. The van der Waals surface area contributed by atoms with Gasteiger partial charge in [0, 0.05) is 17.9 Å². The molecule has 0 spiro atoms. The van der Waals surface area contributed by atoms with Crippen molar-refractivity contribution in [1.82, 2.24) is 4.98 Å². The molecule has 1 aromatic heterocycles. The molecular weight excluding hydrogens is 251 g/mol. The molecule has 0 aliphatic heterocycles. The van der Waals surface area contributed by atoms with Crippen molar-refractivity contribution in [3.63, 3.8) is 0 Å². The normalized spacial score (nSPS) is 12.4. The summed E-state index contributed by atoms with van der Waals surface area (Å²) in [7, 11) is 0. The quantitative estimate of drug-likeness (QED) is 0.923. The molecule has 0 saturated heterocycles. The van der Waals surface area contributed by atoms with Crippen molar-refractivity contribution < 1.29 is 4.39 Å². The van der Waals surface area contributed by atoms with E-state index in [2.05, 4.69) is 4.98 Å². The summed E-state index contributed by atoms with van der Waals surface area (Å²) in [5, 5.41) is 0.130. The van der Waals surface area contributed by atoms with Crippen LogP contribution in [0.1, 0.15) is 22.9 Å². The number of aromatic nitrogens is 1. The molecule has 2 aromatic rings. The van der Waals surface area contributed by atoms with E-state index < -0.39 is 5.82 Å². The van der Waals surface area contributed by atoms with Crippen molar-refractivity contribution in [2.75, 3.05) is 0 Å². The first-order chi connectivity index (χ1) is 8.56. The smallest absolute Gasteiger partial charge is 0.141 e. The van der Waals surface area contributed by atoms with Crippen molar-refractivity contribution in [2.45, 2.75) is 19.4 Å². The van der Waals surface area contributed by atoms with E-state index in [0.717, 1.165) is 16.8 Å². The van der Waals surface area contributed by atoms with Gasteiger partial charge < -0.3 is 5.73 Å². The van der Waals surface area contributed by atoms with Gasteiger partial charge in [-0.1, -0.05) is 17.7 Å². The molecule has 1 atom stereocenters. The highest BCUT2D eigenvalue weighted by Gasteiger charge is 2.09. The number of hydrogen-bond acceptors (Lipinski definition) is 2. The first-order valence-electron chi connectivity index (χ1n) is 5.68. The van der Waals surface area contributed by atoms with Crippen LogP contribution < -0.4 is 5.73 Å². The number of rotatable bonds is 3. The standard InChI is InChI=1S/C14H14ClFN2/c1-9-6-11(4-5-18-9)14(17)8-10-2-3-13(16)12(15)7-10/h2-7,14H,8,17H2,1H3. The van der Waals surface area contributed by atoms with E-state index in [-0.39, 0.29) is 11.1 Å². The van der Waals surface area contributed by atoms with Crippen LogP contribution in [-0.4, -0.2) is 4.98 Å². The maximum atomic E-state index is 13.0. The second-order valence-corrected chi connectivity index (χ2v) is 4.70. The average Bonchev–Trinajstić information content (AvgIpc) is 2.34. The van der Waals surface area contributed by atoms with Crippen molar-refractivity contribution in [3.8, 4) is 0 Å². The summed E-state index contributed by atoms with van der Waals surface area (Å²) in [6.45, 7) is 1.92. The summed E-state index contributed by atoms with van der Waals surface area (Å²) in [6, 6.07) is 8.38. The molecule has 0 amide bonds. The third kappa shape index (κ3) is 3.06. The molecule has 94 valence electrons. The van der Waals surface area contributed by atoms with Gasteiger partial charge in [0.25, 0.3) is 0 Å². The van der Waals surface area contributed by atoms with Crippen LogP contribution in [0.25, 0.3) is 0 Å². The molecule has 18 heavy (non-hydrogen) atoms. The van der Waals surface area contributed by atoms with Gasteiger partial charge in [0.2, 0.25) is 0 Å². The van der Waals surface area contributed by atoms with E-state index in [1.54, 1.807) is 18.3 Å². The number of benzene rings is 1. The van der Waals surface area contributed by atoms with Crippen LogP contribution in [-0.2, 0) is 6.42 Å². The Kier molecular flexibility index (Phi) is 3.94. The van der Waals surface area contributed by atoms with Gasteiger partial charge in [-0.05, 0) is 48.7 Å². The van der Waals surface area contributed by atoms with Crippen LogP contribution in [0, 0.1) is 12.7 Å². The van der Waals surface area contributed by atoms with Crippen LogP contribution in [0.15, 0.2) is 36.5 Å². The van der Waals surface area contributed by atoms with Gasteiger partial charge >= 0.3 is 0 Å². The summed E-state index contributed by atoms with van der Waals surface area (Å²) < 4.78 is 13.0. The highest BCUT2D eigenvalue weighted by atomic mass is 35.5. The molecule has 0 aliphatic rings. The minimum Gasteiger partial charge on any atom is -0.324 e. The number of nitrogens with zero attached hydrogens (tertiary/aromatic N) is 1. The van der Waals surface area contributed by atoms with Crippen molar-refractivity contribution in [3.05, 3.63) is 64.2 Å². The van der Waals surface area contributed by atoms with Crippen LogP contribution in [0.5, 0.6) is 0 Å². The second kappa shape index (κ2) is 5.46. The van der Waals surface area contributed by atoms with Crippen LogP contribution in [0.3, 0.4) is 0 Å². The van der Waals surface area contributed by atoms with Gasteiger partial charge in [-0.2, -0.15) is 0 Å². The van der Waals surface area contributed by atoms with Crippen molar-refractivity contribution in [2.24, 2.45) is 5.73 Å². The molecule has 1 heterocycles. The molecule has 4 heteroatoms. The number of aryl methyl sites for hydroxylation is 1. The Balaban J connectivity index is 2.16. The minimum atomic E-state index is -0.409. The third-order valence-electron chi connectivity index (χ3n) is 2.79. The Hall–Kier alpha value is -1.45. The number of hydrogen-bond donors (Lipinski definition) is 1. The average molecular weight is 265 g/mol. The second-order valence-electron chi connectivity index (χ2n) is 4.29. The summed E-state index contributed by atoms with van der Waals surface area (Å²) in [6.07, 6.45) is 2.35. The van der Waals surface area contributed by atoms with Crippen LogP contribution in [0.2, 0.25) is 5.02 Å². The minimum absolute atomic E-state index is 0.130. The van der Waals surface area contributed by atoms with Crippen molar-refractivity contribution >= 4 is 11.6 Å². The maximum absolute atomic E-state index is 13.0. The van der Waals surface area contributed by atoms with E-state index in [0.29, 0.717) is 6.42 Å². The number of nitrogens with two attached hydrogens (primary N) is 1. The molecule has 2 nitrogen and oxygen atoms in total. The lowest BCUT2D eigenvalue weighted by Gasteiger charge is -2.12. The van der Waals surface area contributed by atoms with E-state index in [1.165, 1.54) is 6.07 Å². The zero-order valence-electron chi connectivity index (χ0n) is 10.0. The summed E-state index contributed by atoms with van der Waals surface area (Å²) in [4.78, 5) is 4.13. The van der Waals surface area contributed by atoms with Gasteiger partial charge in [0.05, 0.1) is 5.02 Å². The fourth-order valence-corrected chi connectivity index (χ4v) is 2.04. The molecule has 0 bridgehead atoms. The molecular formula is C14H14ClFN2. The highest BCUT2D eigenvalue weighted by molar-refractivity contribution is 6.30. The number of halogens is 2. The summed E-state index contributed by atoms with van der Waals surface area (Å²) in [5.41, 5.74) is 8.99. The Bertz CT molecular complexity index is 557. The SMILES string of the molecule is Cc1cc(C(N)Cc2ccc(F)c(Cl)c2)ccn1.